The Bertz CT molecular complexity index is 565. The minimum absolute atomic E-state index is 0.0141. The van der Waals surface area contributed by atoms with Gasteiger partial charge in [-0.15, -0.1) is 0 Å². The first kappa shape index (κ1) is 13.3. The maximum Gasteiger partial charge on any atom is 0.228 e. The predicted molar refractivity (Wildman–Crippen MR) is 81.2 cm³/mol. The van der Waals surface area contributed by atoms with Gasteiger partial charge in [-0.1, -0.05) is 19.4 Å². The van der Waals surface area contributed by atoms with E-state index >= 15 is 0 Å². The summed E-state index contributed by atoms with van der Waals surface area (Å²) in [6.45, 7) is 6.01. The fraction of sp³-hybridized carbons (Fsp3) is 0.529. The van der Waals surface area contributed by atoms with Gasteiger partial charge in [0.05, 0.1) is 0 Å². The van der Waals surface area contributed by atoms with E-state index in [9.17, 15) is 4.79 Å². The zero-order valence-electron chi connectivity index (χ0n) is 12.5. The maximum absolute atomic E-state index is 11.7. The molecule has 1 N–H and O–H groups in total. The van der Waals surface area contributed by atoms with Crippen LogP contribution in [0.25, 0.3) is 5.57 Å². The Morgan fingerprint density at radius 1 is 1.30 bits per heavy atom. The molecule has 106 valence electrons. The number of aromatic nitrogens is 1. The molecule has 0 saturated heterocycles. The lowest BCUT2D eigenvalue weighted by Gasteiger charge is -2.14. The largest absolute Gasteiger partial charge is 0.310 e. The van der Waals surface area contributed by atoms with Crippen molar-refractivity contribution in [1.82, 2.24) is 4.98 Å². The molecule has 0 bridgehead atoms. The number of nitrogens with one attached hydrogen (secondary N) is 1. The molecule has 0 atom stereocenters. The van der Waals surface area contributed by atoms with Crippen LogP contribution in [0.2, 0.25) is 0 Å². The Morgan fingerprint density at radius 3 is 2.60 bits per heavy atom. The van der Waals surface area contributed by atoms with Crippen molar-refractivity contribution < 1.29 is 4.79 Å². The Labute approximate surface area is 120 Å². The molecule has 3 heteroatoms. The summed E-state index contributed by atoms with van der Waals surface area (Å²) >= 11 is 0. The third-order valence-electron chi connectivity index (χ3n) is 4.62. The second-order valence-corrected chi connectivity index (χ2v) is 6.51. The van der Waals surface area contributed by atoms with Crippen LogP contribution in [0.5, 0.6) is 0 Å². The van der Waals surface area contributed by atoms with Crippen LogP contribution in [0.1, 0.15) is 52.0 Å². The minimum atomic E-state index is -0.0222. The van der Waals surface area contributed by atoms with Crippen molar-refractivity contribution in [2.45, 2.75) is 46.5 Å². The summed E-state index contributed by atoms with van der Waals surface area (Å²) in [5.41, 5.74) is 4.74. The summed E-state index contributed by atoms with van der Waals surface area (Å²) < 4.78 is 0. The third kappa shape index (κ3) is 2.26. The monoisotopic (exact) mass is 270 g/mol. The Balaban J connectivity index is 1.80. The van der Waals surface area contributed by atoms with E-state index < -0.39 is 0 Å². The van der Waals surface area contributed by atoms with Crippen molar-refractivity contribution in [1.29, 1.82) is 0 Å². The average molecular weight is 270 g/mol. The molecule has 1 amide bonds. The summed E-state index contributed by atoms with van der Waals surface area (Å²) in [6.07, 6.45) is 7.10. The van der Waals surface area contributed by atoms with Crippen molar-refractivity contribution in [3.05, 3.63) is 29.5 Å². The summed E-state index contributed by atoms with van der Waals surface area (Å²) in [7, 11) is 0. The normalized spacial score (nSPS) is 19.8. The van der Waals surface area contributed by atoms with Crippen molar-refractivity contribution >= 4 is 17.3 Å². The standard InChI is InChI=1S/C17H22N2O/c1-11(2)16(20)19-14-5-4-13(10-18-14)15-12(3)6-7-17(15)8-9-17/h4-5,10-11H,6-9H2,1-3H3,(H,18,19,20). The lowest BCUT2D eigenvalue weighted by Crippen LogP contribution is -2.18. The number of carbonyl (C=O) groups excluding carboxylic acids is 1. The molecule has 1 aromatic heterocycles. The van der Waals surface area contributed by atoms with E-state index in [2.05, 4.69) is 23.3 Å². The van der Waals surface area contributed by atoms with Crippen LogP contribution in [-0.4, -0.2) is 10.9 Å². The number of nitrogens with zero attached hydrogens (tertiary/aromatic N) is 1. The number of hydrogen-bond acceptors (Lipinski definition) is 2. The van der Waals surface area contributed by atoms with E-state index in [-0.39, 0.29) is 11.8 Å². The highest BCUT2D eigenvalue weighted by atomic mass is 16.1. The first-order chi connectivity index (χ1) is 9.52. The molecule has 3 nitrogen and oxygen atoms in total. The Kier molecular flexibility index (Phi) is 3.15. The summed E-state index contributed by atoms with van der Waals surface area (Å²) in [5, 5.41) is 2.84. The van der Waals surface area contributed by atoms with Crippen molar-refractivity contribution in [3.63, 3.8) is 0 Å². The van der Waals surface area contributed by atoms with Crippen molar-refractivity contribution in [2.24, 2.45) is 11.3 Å². The Morgan fingerprint density at radius 2 is 2.05 bits per heavy atom. The average Bonchev–Trinajstić information content (AvgIpc) is 3.11. The molecule has 1 aromatic rings. The van der Waals surface area contributed by atoms with Crippen LogP contribution in [0.3, 0.4) is 0 Å². The van der Waals surface area contributed by atoms with Gasteiger partial charge < -0.3 is 5.32 Å². The first-order valence-electron chi connectivity index (χ1n) is 7.49. The van der Waals surface area contributed by atoms with Crippen LogP contribution in [0.15, 0.2) is 23.9 Å². The highest BCUT2D eigenvalue weighted by molar-refractivity contribution is 5.91. The third-order valence-corrected chi connectivity index (χ3v) is 4.62. The quantitative estimate of drug-likeness (QED) is 0.901. The molecule has 1 saturated carbocycles. The molecule has 0 unspecified atom stereocenters. The van der Waals surface area contributed by atoms with E-state index in [0.717, 1.165) is 0 Å². The molecule has 1 fully saturated rings. The summed E-state index contributed by atoms with van der Waals surface area (Å²) in [5.74, 6) is 0.639. The van der Waals surface area contributed by atoms with Crippen molar-refractivity contribution in [3.8, 4) is 0 Å². The topological polar surface area (TPSA) is 42.0 Å². The summed E-state index contributed by atoms with van der Waals surface area (Å²) in [4.78, 5) is 16.1. The van der Waals surface area contributed by atoms with Crippen molar-refractivity contribution in [2.75, 3.05) is 5.32 Å². The van der Waals surface area contributed by atoms with Gasteiger partial charge in [-0.05, 0) is 61.3 Å². The van der Waals surface area contributed by atoms with Gasteiger partial charge in [0, 0.05) is 12.1 Å². The van der Waals surface area contributed by atoms with E-state index in [0.29, 0.717) is 11.2 Å². The van der Waals surface area contributed by atoms with Gasteiger partial charge in [0.2, 0.25) is 5.91 Å². The van der Waals surface area contributed by atoms with Gasteiger partial charge in [0.15, 0.2) is 0 Å². The maximum atomic E-state index is 11.7. The number of carbonyl (C=O) groups is 1. The van der Waals surface area contributed by atoms with Gasteiger partial charge in [-0.2, -0.15) is 0 Å². The first-order valence-corrected chi connectivity index (χ1v) is 7.49. The highest BCUT2D eigenvalue weighted by Crippen LogP contribution is 2.63. The molecule has 0 radical (unpaired) electrons. The lowest BCUT2D eigenvalue weighted by molar-refractivity contribution is -0.118. The molecule has 0 aromatic carbocycles. The highest BCUT2D eigenvalue weighted by Gasteiger charge is 2.49. The number of hydrogen-bond donors (Lipinski definition) is 1. The van der Waals surface area contributed by atoms with Crippen LogP contribution >= 0.6 is 0 Å². The van der Waals surface area contributed by atoms with Gasteiger partial charge in [0.25, 0.3) is 0 Å². The molecular formula is C17H22N2O. The lowest BCUT2D eigenvalue weighted by atomic mass is 9.92. The smallest absolute Gasteiger partial charge is 0.228 e. The molecule has 3 rings (SSSR count). The zero-order valence-corrected chi connectivity index (χ0v) is 12.5. The SMILES string of the molecule is CC1=C(c2ccc(NC(=O)C(C)C)nc2)C2(CC1)CC2. The number of amides is 1. The predicted octanol–water partition coefficient (Wildman–Crippen LogP) is 4.02. The molecule has 2 aliphatic rings. The fourth-order valence-electron chi connectivity index (χ4n) is 3.22. The van der Waals surface area contributed by atoms with E-state index in [1.165, 1.54) is 42.4 Å². The van der Waals surface area contributed by atoms with Crippen LogP contribution in [0.4, 0.5) is 5.82 Å². The number of rotatable bonds is 3. The number of pyridine rings is 1. The fourth-order valence-corrected chi connectivity index (χ4v) is 3.22. The van der Waals surface area contributed by atoms with Gasteiger partial charge in [-0.25, -0.2) is 4.98 Å². The van der Waals surface area contributed by atoms with Crippen LogP contribution < -0.4 is 5.32 Å². The van der Waals surface area contributed by atoms with Gasteiger partial charge in [-0.3, -0.25) is 4.79 Å². The molecule has 1 heterocycles. The summed E-state index contributed by atoms with van der Waals surface area (Å²) in [6, 6.07) is 4.03. The van der Waals surface area contributed by atoms with Gasteiger partial charge in [0.1, 0.15) is 5.82 Å². The Hall–Kier alpha value is -1.64. The zero-order chi connectivity index (χ0) is 14.3. The van der Waals surface area contributed by atoms with Gasteiger partial charge >= 0.3 is 0 Å². The van der Waals surface area contributed by atoms with E-state index in [1.807, 2.05) is 26.1 Å². The number of anilines is 1. The molecule has 20 heavy (non-hydrogen) atoms. The molecule has 2 aliphatic carbocycles. The molecule has 0 aliphatic heterocycles. The van der Waals surface area contributed by atoms with Crippen LogP contribution in [-0.2, 0) is 4.79 Å². The molecule has 1 spiro atoms. The van der Waals surface area contributed by atoms with E-state index in [1.54, 1.807) is 0 Å². The second-order valence-electron chi connectivity index (χ2n) is 6.51. The van der Waals surface area contributed by atoms with Crippen LogP contribution in [0, 0.1) is 11.3 Å². The second kappa shape index (κ2) is 4.72. The van der Waals surface area contributed by atoms with E-state index in [4.69, 9.17) is 0 Å². The number of allylic oxidation sites excluding steroid dienone is 2. The minimum Gasteiger partial charge on any atom is -0.310 e. The molecular weight excluding hydrogens is 248 g/mol.